The van der Waals surface area contributed by atoms with Crippen molar-refractivity contribution >= 4 is 44.8 Å². The van der Waals surface area contributed by atoms with Crippen LogP contribution in [0, 0.1) is 0 Å². The zero-order valence-corrected chi connectivity index (χ0v) is 17.8. The average Bonchev–Trinajstić information content (AvgIpc) is 3.35. The Balaban J connectivity index is 1.58. The van der Waals surface area contributed by atoms with E-state index in [-0.39, 0.29) is 0 Å². The van der Waals surface area contributed by atoms with Gasteiger partial charge >= 0.3 is 0 Å². The lowest BCUT2D eigenvalue weighted by molar-refractivity contribution is 0.875. The minimum absolute atomic E-state index is 0.900. The van der Waals surface area contributed by atoms with Crippen LogP contribution in [-0.2, 0) is 6.42 Å². The highest BCUT2D eigenvalue weighted by Crippen LogP contribution is 2.45. The Kier molecular flexibility index (Phi) is 4.35. The monoisotopic (exact) mass is 412 g/mol. The number of aromatic nitrogens is 1. The van der Waals surface area contributed by atoms with Crippen molar-refractivity contribution in [2.24, 2.45) is 0 Å². The van der Waals surface area contributed by atoms with Crippen LogP contribution in [0.4, 0.5) is 5.69 Å². The third-order valence-electron chi connectivity index (χ3n) is 6.60. The van der Waals surface area contributed by atoms with Gasteiger partial charge in [0.05, 0.1) is 21.7 Å². The minimum Gasteiger partial charge on any atom is -0.365 e. The summed E-state index contributed by atoms with van der Waals surface area (Å²) in [6.45, 7) is 1.98. The largest absolute Gasteiger partial charge is 0.365 e. The van der Waals surface area contributed by atoms with Crippen LogP contribution in [-0.4, -0.2) is 17.7 Å². The maximum atomic E-state index is 7.24. The Morgan fingerprint density at radius 3 is 2.53 bits per heavy atom. The van der Waals surface area contributed by atoms with Gasteiger partial charge in [-0.25, -0.2) is 0 Å². The van der Waals surface area contributed by atoms with Gasteiger partial charge in [0.15, 0.2) is 0 Å². The number of halogens is 1. The summed E-state index contributed by atoms with van der Waals surface area (Å²) in [5, 5.41) is 3.46. The van der Waals surface area contributed by atoms with Gasteiger partial charge in [-0.05, 0) is 61.4 Å². The molecule has 6 rings (SSSR count). The number of fused-ring (bicyclic) bond motifs is 4. The lowest BCUT2D eigenvalue weighted by Gasteiger charge is -2.23. The molecule has 3 aromatic rings. The Labute approximate surface area is 182 Å². The van der Waals surface area contributed by atoms with E-state index < -0.39 is 0 Å². The molecule has 3 aliphatic rings. The molecule has 1 aliphatic heterocycles. The molecule has 0 radical (unpaired) electrons. The SMILES string of the molecule is Clc1c2c(cc3c4ccccc4n(C4=CCCC=C4)c13)CCN2CC1=CCCC=C1. The van der Waals surface area contributed by atoms with E-state index >= 15 is 0 Å². The number of rotatable bonds is 3. The van der Waals surface area contributed by atoms with Gasteiger partial charge < -0.3 is 9.47 Å². The molecule has 0 saturated carbocycles. The van der Waals surface area contributed by atoms with Gasteiger partial charge in [0.25, 0.3) is 0 Å². The number of hydrogen-bond acceptors (Lipinski definition) is 1. The fourth-order valence-corrected chi connectivity index (χ4v) is 5.65. The van der Waals surface area contributed by atoms with Gasteiger partial charge in [0.1, 0.15) is 0 Å². The van der Waals surface area contributed by atoms with E-state index in [1.165, 1.54) is 38.8 Å². The Morgan fingerprint density at radius 1 is 0.900 bits per heavy atom. The highest BCUT2D eigenvalue weighted by Gasteiger charge is 2.27. The molecule has 0 bridgehead atoms. The molecule has 0 unspecified atom stereocenters. The van der Waals surface area contributed by atoms with E-state index in [0.717, 1.165) is 55.7 Å². The van der Waals surface area contributed by atoms with Crippen molar-refractivity contribution in [2.75, 3.05) is 18.0 Å². The number of benzene rings is 2. The first-order valence-electron chi connectivity index (χ1n) is 11.0. The van der Waals surface area contributed by atoms with Crippen molar-refractivity contribution in [2.45, 2.75) is 32.1 Å². The van der Waals surface area contributed by atoms with E-state index in [0.29, 0.717) is 0 Å². The summed E-state index contributed by atoms with van der Waals surface area (Å²) in [5.41, 5.74) is 7.63. The summed E-state index contributed by atoms with van der Waals surface area (Å²) in [7, 11) is 0. The second-order valence-corrected chi connectivity index (χ2v) is 8.86. The smallest absolute Gasteiger partial charge is 0.0889 e. The molecule has 0 N–H and O–H groups in total. The van der Waals surface area contributed by atoms with Gasteiger partial charge in [-0.3, -0.25) is 0 Å². The first-order chi connectivity index (χ1) is 14.8. The molecule has 150 valence electrons. The predicted molar refractivity (Wildman–Crippen MR) is 129 cm³/mol. The molecule has 0 saturated heterocycles. The number of para-hydroxylation sites is 1. The van der Waals surface area contributed by atoms with Crippen LogP contribution in [0.1, 0.15) is 31.2 Å². The maximum absolute atomic E-state index is 7.24. The van der Waals surface area contributed by atoms with E-state index in [1.807, 2.05) is 0 Å². The van der Waals surface area contributed by atoms with Gasteiger partial charge in [-0.2, -0.15) is 0 Å². The first-order valence-corrected chi connectivity index (χ1v) is 11.4. The van der Waals surface area contributed by atoms with Crippen molar-refractivity contribution in [3.8, 4) is 0 Å². The fourth-order valence-electron chi connectivity index (χ4n) is 5.22. The molecular formula is C27H25ClN2. The summed E-state index contributed by atoms with van der Waals surface area (Å²) < 4.78 is 2.37. The van der Waals surface area contributed by atoms with Crippen molar-refractivity contribution in [3.05, 3.63) is 82.9 Å². The van der Waals surface area contributed by atoms with Gasteiger partial charge in [0.2, 0.25) is 0 Å². The quantitative estimate of drug-likeness (QED) is 0.438. The Bertz CT molecular complexity index is 1290. The van der Waals surface area contributed by atoms with Crippen molar-refractivity contribution in [3.63, 3.8) is 0 Å². The lowest BCUT2D eigenvalue weighted by atomic mass is 10.1. The van der Waals surface area contributed by atoms with Crippen molar-refractivity contribution in [1.29, 1.82) is 0 Å². The second-order valence-electron chi connectivity index (χ2n) is 8.49. The van der Waals surface area contributed by atoms with Gasteiger partial charge in [-0.15, -0.1) is 0 Å². The summed E-state index contributed by atoms with van der Waals surface area (Å²) >= 11 is 7.24. The number of allylic oxidation sites excluding steroid dienone is 6. The third-order valence-corrected chi connectivity index (χ3v) is 6.96. The Hall–Kier alpha value is -2.71. The standard InChI is InChI=1S/C27H25ClN2/c28-25-26-20(15-16-29(26)18-19-9-3-1-4-10-19)17-23-22-13-7-8-14-24(22)30(27(23)25)21-11-5-2-6-12-21/h3,5,7-14,17H,1-2,4,6,15-16,18H2. The molecule has 0 amide bonds. The molecule has 2 nitrogen and oxygen atoms in total. The fraction of sp³-hybridized carbons (Fsp3) is 0.259. The predicted octanol–water partition coefficient (Wildman–Crippen LogP) is 7.28. The Morgan fingerprint density at radius 2 is 1.73 bits per heavy atom. The molecule has 0 spiro atoms. The summed E-state index contributed by atoms with van der Waals surface area (Å²) in [6.07, 6.45) is 19.3. The second kappa shape index (κ2) is 7.21. The molecule has 2 aromatic carbocycles. The molecule has 1 aromatic heterocycles. The normalized spacial score (nSPS) is 18.2. The molecular weight excluding hydrogens is 388 g/mol. The van der Waals surface area contributed by atoms with Crippen LogP contribution in [0.5, 0.6) is 0 Å². The average molecular weight is 413 g/mol. The van der Waals surface area contributed by atoms with Crippen LogP contribution in [0.15, 0.2) is 72.4 Å². The van der Waals surface area contributed by atoms with E-state index in [4.69, 9.17) is 11.6 Å². The van der Waals surface area contributed by atoms with Crippen LogP contribution < -0.4 is 4.90 Å². The van der Waals surface area contributed by atoms with Crippen molar-refractivity contribution < 1.29 is 0 Å². The molecule has 2 heterocycles. The summed E-state index contributed by atoms with van der Waals surface area (Å²) in [5.74, 6) is 0. The first kappa shape index (κ1) is 18.1. The summed E-state index contributed by atoms with van der Waals surface area (Å²) in [6, 6.07) is 11.1. The number of anilines is 1. The van der Waals surface area contributed by atoms with E-state index in [9.17, 15) is 0 Å². The zero-order valence-electron chi connectivity index (χ0n) is 17.1. The highest BCUT2D eigenvalue weighted by atomic mass is 35.5. The topological polar surface area (TPSA) is 8.17 Å². The van der Waals surface area contributed by atoms with Crippen LogP contribution in [0.2, 0.25) is 5.02 Å². The number of nitrogens with zero attached hydrogens (tertiary/aromatic N) is 2. The van der Waals surface area contributed by atoms with Crippen molar-refractivity contribution in [1.82, 2.24) is 4.57 Å². The highest BCUT2D eigenvalue weighted by molar-refractivity contribution is 6.40. The molecule has 0 fully saturated rings. The van der Waals surface area contributed by atoms with E-state index in [1.54, 1.807) is 0 Å². The number of hydrogen-bond donors (Lipinski definition) is 0. The lowest BCUT2D eigenvalue weighted by Crippen LogP contribution is -2.23. The van der Waals surface area contributed by atoms with Gasteiger partial charge in [0, 0.05) is 29.6 Å². The summed E-state index contributed by atoms with van der Waals surface area (Å²) in [4.78, 5) is 2.48. The van der Waals surface area contributed by atoms with E-state index in [2.05, 4.69) is 76.3 Å². The van der Waals surface area contributed by atoms with Gasteiger partial charge in [-0.1, -0.05) is 60.2 Å². The minimum atomic E-state index is 0.900. The molecule has 3 heteroatoms. The molecule has 2 aliphatic carbocycles. The van der Waals surface area contributed by atoms with Crippen LogP contribution in [0.25, 0.3) is 27.5 Å². The van der Waals surface area contributed by atoms with Crippen LogP contribution in [0.3, 0.4) is 0 Å². The molecule has 0 atom stereocenters. The van der Waals surface area contributed by atoms with Crippen LogP contribution >= 0.6 is 11.6 Å². The third kappa shape index (κ3) is 2.78. The molecule has 30 heavy (non-hydrogen) atoms. The maximum Gasteiger partial charge on any atom is 0.0889 e. The zero-order chi connectivity index (χ0) is 20.1.